The molecule has 0 bridgehead atoms. The Morgan fingerprint density at radius 1 is 1.56 bits per heavy atom. The van der Waals surface area contributed by atoms with Crippen molar-refractivity contribution in [1.82, 2.24) is 5.32 Å². The average molecular weight is 130 g/mol. The zero-order chi connectivity index (χ0) is 7.28. The molecule has 0 fully saturated rings. The predicted octanol–water partition coefficient (Wildman–Crippen LogP) is -0.377. The highest BCUT2D eigenvalue weighted by molar-refractivity contribution is 4.80. The van der Waals surface area contributed by atoms with Gasteiger partial charge in [0, 0.05) is 0 Å². The summed E-state index contributed by atoms with van der Waals surface area (Å²) in [6.45, 7) is 6.29. The predicted molar refractivity (Wildman–Crippen MR) is 35.3 cm³/mol. The molecule has 0 rings (SSSR count). The number of aliphatic hydroxyl groups is 2. The Bertz CT molecular complexity index is 83.1. The normalized spacial score (nSPS) is 16.8. The van der Waals surface area contributed by atoms with E-state index in [1.165, 1.54) is 12.6 Å². The van der Waals surface area contributed by atoms with Crippen molar-refractivity contribution in [3.8, 4) is 0 Å². The van der Waals surface area contributed by atoms with Gasteiger partial charge in [-0.2, -0.15) is 0 Å². The van der Waals surface area contributed by atoms with Crippen molar-refractivity contribution in [1.29, 1.82) is 0 Å². The molecule has 0 aliphatic heterocycles. The zero-order valence-corrected chi connectivity index (χ0v) is 5.41. The molecule has 0 spiro atoms. The second-order valence-corrected chi connectivity index (χ2v) is 1.75. The molecule has 0 amide bonds. The molecule has 0 saturated heterocycles. The second kappa shape index (κ2) is 4.49. The van der Waals surface area contributed by atoms with E-state index in [9.17, 15) is 0 Å². The molecule has 0 aliphatic carbocycles. The van der Waals surface area contributed by atoms with E-state index in [1.807, 2.05) is 0 Å². The molecule has 0 heterocycles. The van der Waals surface area contributed by atoms with Crippen LogP contribution in [0.4, 0.5) is 0 Å². The Labute approximate surface area is 55.0 Å². The molecule has 0 aromatic rings. The van der Waals surface area contributed by atoms with E-state index in [0.717, 1.165) is 0 Å². The van der Waals surface area contributed by atoms with Crippen molar-refractivity contribution < 1.29 is 10.2 Å². The van der Waals surface area contributed by atoms with E-state index in [2.05, 4.69) is 11.9 Å². The van der Waals surface area contributed by atoms with Gasteiger partial charge in [0.1, 0.15) is 6.23 Å². The molecule has 2 atom stereocenters. The minimum Gasteiger partial charge on any atom is -0.392 e. The maximum absolute atomic E-state index is 8.74. The maximum Gasteiger partial charge on any atom is 0.124 e. The molecule has 0 aromatic heterocycles. The van der Waals surface area contributed by atoms with Crippen molar-refractivity contribution >= 4 is 0 Å². The van der Waals surface area contributed by atoms with E-state index < -0.39 is 12.3 Å². The lowest BCUT2D eigenvalue weighted by Crippen LogP contribution is -2.27. The van der Waals surface area contributed by atoms with Crippen LogP contribution in [-0.2, 0) is 0 Å². The Morgan fingerprint density at radius 3 is 2.44 bits per heavy atom. The van der Waals surface area contributed by atoms with Crippen molar-refractivity contribution in [2.45, 2.75) is 19.3 Å². The smallest absolute Gasteiger partial charge is 0.124 e. The van der Waals surface area contributed by atoms with Crippen LogP contribution >= 0.6 is 0 Å². The lowest BCUT2D eigenvalue weighted by molar-refractivity contribution is 0.163. The highest BCUT2D eigenvalue weighted by Gasteiger charge is 1.98. The molecule has 3 nitrogen and oxygen atoms in total. The van der Waals surface area contributed by atoms with Gasteiger partial charge in [-0.05, 0) is 13.0 Å². The topological polar surface area (TPSA) is 52.5 Å². The largest absolute Gasteiger partial charge is 0.392 e. The molecule has 0 aliphatic rings. The standard InChI is InChI=1S/C6H12NO2/c1-3-6(9)7-4-5(2)8/h3-9H,1H2,2H3. The van der Waals surface area contributed by atoms with E-state index in [0.29, 0.717) is 0 Å². The molecule has 0 aromatic carbocycles. The molecule has 1 radical (unpaired) electrons. The quantitative estimate of drug-likeness (QED) is 0.359. The van der Waals surface area contributed by atoms with Gasteiger partial charge in [0.05, 0.1) is 12.6 Å². The summed E-state index contributed by atoms with van der Waals surface area (Å²) in [6, 6.07) is 0. The van der Waals surface area contributed by atoms with Gasteiger partial charge in [0.25, 0.3) is 0 Å². The molecule has 0 saturated carbocycles. The number of rotatable bonds is 4. The summed E-state index contributed by atoms with van der Waals surface area (Å²) in [5, 5.41) is 19.9. The molecular formula is C6H12NO2. The summed E-state index contributed by atoms with van der Waals surface area (Å²) in [7, 11) is 0. The van der Waals surface area contributed by atoms with Crippen LogP contribution in [0, 0.1) is 6.54 Å². The minimum atomic E-state index is -0.764. The maximum atomic E-state index is 8.74. The Kier molecular flexibility index (Phi) is 4.30. The van der Waals surface area contributed by atoms with Crippen molar-refractivity contribution in [2.75, 3.05) is 0 Å². The summed E-state index contributed by atoms with van der Waals surface area (Å²) < 4.78 is 0. The molecular weight excluding hydrogens is 118 g/mol. The number of hydrogen-bond acceptors (Lipinski definition) is 3. The summed E-state index contributed by atoms with van der Waals surface area (Å²) in [5.41, 5.74) is 0. The van der Waals surface area contributed by atoms with Crippen LogP contribution in [-0.4, -0.2) is 22.5 Å². The van der Waals surface area contributed by atoms with Crippen molar-refractivity contribution in [3.63, 3.8) is 0 Å². The van der Waals surface area contributed by atoms with Crippen LogP contribution in [0.3, 0.4) is 0 Å². The van der Waals surface area contributed by atoms with E-state index in [-0.39, 0.29) is 0 Å². The summed E-state index contributed by atoms with van der Waals surface area (Å²) >= 11 is 0. The van der Waals surface area contributed by atoms with E-state index >= 15 is 0 Å². The minimum absolute atomic E-state index is 0.556. The van der Waals surface area contributed by atoms with Gasteiger partial charge in [-0.15, -0.1) is 0 Å². The fourth-order valence-corrected chi connectivity index (χ4v) is 0.306. The lowest BCUT2D eigenvalue weighted by atomic mass is 10.4. The van der Waals surface area contributed by atoms with Crippen LogP contribution in [0.2, 0.25) is 0 Å². The molecule has 9 heavy (non-hydrogen) atoms. The van der Waals surface area contributed by atoms with Gasteiger partial charge in [-0.25, -0.2) is 0 Å². The van der Waals surface area contributed by atoms with Gasteiger partial charge in [-0.1, -0.05) is 6.58 Å². The molecule has 3 N–H and O–H groups in total. The van der Waals surface area contributed by atoms with Crippen LogP contribution in [0.1, 0.15) is 6.92 Å². The van der Waals surface area contributed by atoms with Gasteiger partial charge in [-0.3, -0.25) is 5.32 Å². The van der Waals surface area contributed by atoms with Gasteiger partial charge < -0.3 is 10.2 Å². The summed E-state index contributed by atoms with van der Waals surface area (Å²) in [6.07, 6.45) is 0.0120. The van der Waals surface area contributed by atoms with Crippen LogP contribution in [0.25, 0.3) is 0 Å². The Hall–Kier alpha value is -0.380. The number of hydrogen-bond donors (Lipinski definition) is 3. The highest BCUT2D eigenvalue weighted by atomic mass is 16.3. The first-order valence-corrected chi connectivity index (χ1v) is 2.75. The van der Waals surface area contributed by atoms with Gasteiger partial charge in [0.2, 0.25) is 0 Å². The Morgan fingerprint density at radius 2 is 2.11 bits per heavy atom. The fraction of sp³-hybridized carbons (Fsp3) is 0.500. The van der Waals surface area contributed by atoms with E-state index in [4.69, 9.17) is 10.2 Å². The first kappa shape index (κ1) is 8.62. The third-order valence-corrected chi connectivity index (χ3v) is 0.731. The molecule has 2 unspecified atom stereocenters. The monoisotopic (exact) mass is 130 g/mol. The first-order valence-electron chi connectivity index (χ1n) is 2.75. The molecule has 3 heteroatoms. The number of nitrogens with one attached hydrogen (secondary N) is 1. The second-order valence-electron chi connectivity index (χ2n) is 1.75. The van der Waals surface area contributed by atoms with E-state index in [1.54, 1.807) is 6.92 Å². The first-order chi connectivity index (χ1) is 4.16. The fourth-order valence-electron chi connectivity index (χ4n) is 0.306. The highest BCUT2D eigenvalue weighted by Crippen LogP contribution is 1.84. The SMILES string of the molecule is C=CC(O)N[CH]C(C)O. The third-order valence-electron chi connectivity index (χ3n) is 0.731. The van der Waals surface area contributed by atoms with Crippen LogP contribution in [0.15, 0.2) is 12.7 Å². The summed E-state index contributed by atoms with van der Waals surface area (Å²) in [5.74, 6) is 0. The number of aliphatic hydroxyl groups excluding tert-OH is 2. The van der Waals surface area contributed by atoms with Crippen molar-refractivity contribution in [2.24, 2.45) is 0 Å². The average Bonchev–Trinajstić information content (AvgIpc) is 1.83. The third kappa shape index (κ3) is 5.49. The van der Waals surface area contributed by atoms with Gasteiger partial charge in [0.15, 0.2) is 0 Å². The Balaban J connectivity index is 3.16. The van der Waals surface area contributed by atoms with Crippen LogP contribution in [0.5, 0.6) is 0 Å². The van der Waals surface area contributed by atoms with Crippen molar-refractivity contribution in [3.05, 3.63) is 19.2 Å². The lowest BCUT2D eigenvalue weighted by Gasteiger charge is -2.08. The molecule has 53 valence electrons. The summed E-state index contributed by atoms with van der Waals surface area (Å²) in [4.78, 5) is 0. The van der Waals surface area contributed by atoms with Gasteiger partial charge >= 0.3 is 0 Å². The van der Waals surface area contributed by atoms with Crippen LogP contribution < -0.4 is 5.32 Å². The zero-order valence-electron chi connectivity index (χ0n) is 5.41.